The highest BCUT2D eigenvalue weighted by molar-refractivity contribution is 7.52. The molecule has 14 nitrogen and oxygen atoms in total. The predicted molar refractivity (Wildman–Crippen MR) is 150 cm³/mol. The molecular weight excluding hydrogens is 567 g/mol. The van der Waals surface area contributed by atoms with Gasteiger partial charge >= 0.3 is 13.7 Å². The van der Waals surface area contributed by atoms with E-state index >= 15 is 0 Å². The third-order valence-electron chi connectivity index (χ3n) is 7.18. The van der Waals surface area contributed by atoms with Crippen molar-refractivity contribution >= 4 is 25.1 Å². The zero-order chi connectivity index (χ0) is 30.5. The van der Waals surface area contributed by atoms with E-state index < -0.39 is 50.3 Å². The summed E-state index contributed by atoms with van der Waals surface area (Å²) in [6, 6.07) is 12.0. The molecule has 1 aliphatic heterocycles. The second-order valence-electron chi connectivity index (χ2n) is 10.0. The smallest absolute Gasteiger partial charge is 0.459 e. The van der Waals surface area contributed by atoms with E-state index in [-0.39, 0.29) is 24.1 Å². The molecule has 3 heterocycles. The number of para-hydroxylation sites is 1. The van der Waals surface area contributed by atoms with E-state index in [4.69, 9.17) is 24.3 Å². The van der Waals surface area contributed by atoms with E-state index in [0.717, 1.165) is 12.8 Å². The average molecular weight is 603 g/mol. The molecular formula is C27H35N6O8P. The molecule has 0 unspecified atom stereocenters. The fourth-order valence-corrected chi connectivity index (χ4v) is 6.03. The summed E-state index contributed by atoms with van der Waals surface area (Å²) >= 11 is 0. The van der Waals surface area contributed by atoms with Gasteiger partial charge in [0.15, 0.2) is 5.82 Å². The first-order valence-electron chi connectivity index (χ1n) is 13.5. The molecule has 15 heteroatoms. The Labute approximate surface area is 242 Å². The van der Waals surface area contributed by atoms with Crippen LogP contribution >= 0.6 is 7.75 Å². The highest BCUT2D eigenvalue weighted by Gasteiger charge is 2.57. The lowest BCUT2D eigenvalue weighted by atomic mass is 9.96. The van der Waals surface area contributed by atoms with Crippen LogP contribution in [0.5, 0.6) is 5.75 Å². The van der Waals surface area contributed by atoms with Crippen LogP contribution in [-0.4, -0.2) is 67.8 Å². The van der Waals surface area contributed by atoms with Crippen LogP contribution in [0.4, 0.5) is 5.82 Å². The van der Waals surface area contributed by atoms with E-state index in [2.05, 4.69) is 15.2 Å². The first-order valence-corrected chi connectivity index (χ1v) is 15.1. The lowest BCUT2D eigenvalue weighted by Crippen LogP contribution is -2.46. The largest absolute Gasteiger partial charge is 0.464 e. The number of carbonyl (C=O) groups excluding carboxylic acids is 1. The Morgan fingerprint density at radius 1 is 1.26 bits per heavy atom. The molecule has 42 heavy (non-hydrogen) atoms. The van der Waals surface area contributed by atoms with Gasteiger partial charge in [-0.1, -0.05) is 44.9 Å². The predicted octanol–water partition coefficient (Wildman–Crippen LogP) is 2.53. The van der Waals surface area contributed by atoms with Crippen LogP contribution in [0, 0.1) is 17.2 Å². The third kappa shape index (κ3) is 6.57. The number of nitriles is 1. The Balaban J connectivity index is 1.55. The van der Waals surface area contributed by atoms with Gasteiger partial charge in [0.2, 0.25) is 5.60 Å². The van der Waals surface area contributed by atoms with Crippen LogP contribution in [0.3, 0.4) is 0 Å². The molecule has 0 radical (unpaired) electrons. The van der Waals surface area contributed by atoms with E-state index in [9.17, 15) is 24.8 Å². The molecule has 2 aromatic heterocycles. The second-order valence-corrected chi connectivity index (χ2v) is 11.7. The number of ether oxygens (including phenoxy) is 2. The van der Waals surface area contributed by atoms with Crippen molar-refractivity contribution in [2.24, 2.45) is 5.92 Å². The minimum Gasteiger partial charge on any atom is -0.464 e. The number of aromatic nitrogens is 3. The van der Waals surface area contributed by atoms with E-state index in [0.29, 0.717) is 11.2 Å². The summed E-state index contributed by atoms with van der Waals surface area (Å²) in [6.07, 6.45) is -1.75. The molecule has 0 aliphatic carbocycles. The summed E-state index contributed by atoms with van der Waals surface area (Å²) in [5.41, 5.74) is 4.44. The first-order chi connectivity index (χ1) is 20.1. The van der Waals surface area contributed by atoms with Crippen molar-refractivity contribution in [2.45, 2.75) is 63.6 Å². The lowest BCUT2D eigenvalue weighted by Gasteiger charge is -2.28. The minimum atomic E-state index is -4.41. The lowest BCUT2D eigenvalue weighted by molar-refractivity contribution is -0.146. The Hall–Kier alpha value is -3.57. The fourth-order valence-electron chi connectivity index (χ4n) is 4.51. The summed E-state index contributed by atoms with van der Waals surface area (Å²) < 4.78 is 37.9. The van der Waals surface area contributed by atoms with Crippen LogP contribution in [-0.2, 0) is 23.4 Å². The maximum Gasteiger partial charge on any atom is 0.459 e. The molecule has 1 fully saturated rings. The average Bonchev–Trinajstić information content (AvgIpc) is 3.52. The van der Waals surface area contributed by atoms with Gasteiger partial charge in [-0.25, -0.2) is 14.1 Å². The molecule has 1 aromatic carbocycles. The Morgan fingerprint density at radius 2 is 1.98 bits per heavy atom. The van der Waals surface area contributed by atoms with Gasteiger partial charge in [0, 0.05) is 0 Å². The minimum absolute atomic E-state index is 0.152. The number of hydrogen-bond acceptors (Lipinski definition) is 12. The van der Waals surface area contributed by atoms with Gasteiger partial charge in [-0.2, -0.15) is 15.4 Å². The van der Waals surface area contributed by atoms with Crippen molar-refractivity contribution in [3.8, 4) is 11.8 Å². The number of esters is 1. The van der Waals surface area contributed by atoms with Crippen molar-refractivity contribution in [1.29, 1.82) is 5.26 Å². The van der Waals surface area contributed by atoms with Crippen LogP contribution in [0.25, 0.3) is 5.52 Å². The molecule has 1 aliphatic rings. The number of benzene rings is 1. The second kappa shape index (κ2) is 13.2. The van der Waals surface area contributed by atoms with Crippen LogP contribution in [0.1, 0.15) is 45.4 Å². The molecule has 1 saturated heterocycles. The molecule has 4 rings (SSSR count). The molecule has 0 spiro atoms. The van der Waals surface area contributed by atoms with Gasteiger partial charge in [-0.3, -0.25) is 9.32 Å². The summed E-state index contributed by atoms with van der Waals surface area (Å²) in [7, 11) is -4.41. The summed E-state index contributed by atoms with van der Waals surface area (Å²) in [4.78, 5) is 16.6. The van der Waals surface area contributed by atoms with Crippen molar-refractivity contribution in [3.05, 3.63) is 54.5 Å². The number of aliphatic hydroxyl groups excluding tert-OH is 2. The number of carbonyl (C=O) groups is 1. The standard InChI is InChI=1S/C27H35N6O8P/c1-4-18(5-2)13-38-26(36)17(3)32-42(37,41-19-9-7-6-8-10-19)39-15-27(14-28)24(35)22(34)23(40-27)20-11-12-21-25(29)30-16-31-33(20)21/h6-12,16-18,22-24,34-35H,4-5,13,15H2,1-3H3,(H,32,37)(H2,29,30,31)/t17-,22+,23+,24+,27-,42+/m1/s1. The number of nitrogens with two attached hydrogens (primary N) is 1. The molecule has 0 bridgehead atoms. The number of fused-ring (bicyclic) bond motifs is 1. The molecule has 5 N–H and O–H groups in total. The van der Waals surface area contributed by atoms with E-state index in [1.807, 2.05) is 19.9 Å². The molecule has 3 aromatic rings. The topological polar surface area (TPSA) is 204 Å². The van der Waals surface area contributed by atoms with E-state index in [1.165, 1.54) is 29.9 Å². The van der Waals surface area contributed by atoms with Gasteiger partial charge in [0.1, 0.15) is 54.6 Å². The van der Waals surface area contributed by atoms with Crippen molar-refractivity contribution < 1.29 is 38.1 Å². The normalized spacial score (nSPS) is 24.3. The summed E-state index contributed by atoms with van der Waals surface area (Å²) in [5, 5.41) is 38.6. The fraction of sp³-hybridized carbons (Fsp3) is 0.481. The number of nitrogens with zero attached hydrogens (tertiary/aromatic N) is 4. The maximum atomic E-state index is 14.0. The van der Waals surface area contributed by atoms with Crippen molar-refractivity contribution in [1.82, 2.24) is 19.7 Å². The van der Waals surface area contributed by atoms with Gasteiger partial charge < -0.3 is 29.9 Å². The third-order valence-corrected chi connectivity index (χ3v) is 8.80. The molecule has 6 atom stereocenters. The van der Waals surface area contributed by atoms with Crippen molar-refractivity contribution in [3.63, 3.8) is 0 Å². The van der Waals surface area contributed by atoms with Gasteiger partial charge in [-0.05, 0) is 37.1 Å². The number of aliphatic hydroxyl groups is 2. The number of nitrogens with one attached hydrogen (secondary N) is 1. The van der Waals surface area contributed by atoms with Gasteiger partial charge in [-0.15, -0.1) is 0 Å². The summed E-state index contributed by atoms with van der Waals surface area (Å²) in [5.74, 6) is -0.163. The highest BCUT2D eigenvalue weighted by Crippen LogP contribution is 2.48. The Morgan fingerprint density at radius 3 is 2.64 bits per heavy atom. The monoisotopic (exact) mass is 602 g/mol. The van der Waals surface area contributed by atoms with Crippen LogP contribution < -0.4 is 15.3 Å². The molecule has 0 saturated carbocycles. The zero-order valence-electron chi connectivity index (χ0n) is 23.5. The number of anilines is 1. The zero-order valence-corrected chi connectivity index (χ0v) is 24.4. The maximum absolute atomic E-state index is 14.0. The molecule has 0 amide bonds. The van der Waals surface area contributed by atoms with Crippen molar-refractivity contribution in [2.75, 3.05) is 18.9 Å². The SMILES string of the molecule is CCC(CC)COC(=O)[C@@H](C)N[P@](=O)(OC[C@@]1(C#N)O[C@@H](c2ccc3c(N)ncnn23)[C@H](O)[C@@H]1O)Oc1ccccc1. The number of rotatable bonds is 13. The number of hydrogen-bond donors (Lipinski definition) is 4. The van der Waals surface area contributed by atoms with Gasteiger partial charge in [0.05, 0.1) is 12.3 Å². The first kappa shape index (κ1) is 31.4. The van der Waals surface area contributed by atoms with E-state index in [1.54, 1.807) is 30.3 Å². The Kier molecular flexibility index (Phi) is 9.83. The molecule has 226 valence electrons. The highest BCUT2D eigenvalue weighted by atomic mass is 31.2. The van der Waals surface area contributed by atoms with Crippen LogP contribution in [0.15, 0.2) is 48.8 Å². The van der Waals surface area contributed by atoms with Gasteiger partial charge in [0.25, 0.3) is 0 Å². The quantitative estimate of drug-likeness (QED) is 0.164. The number of nitrogen functional groups attached to an aromatic ring is 1. The summed E-state index contributed by atoms with van der Waals surface area (Å²) in [6.45, 7) is 4.82. The Bertz CT molecular complexity index is 1460. The van der Waals surface area contributed by atoms with Crippen LogP contribution in [0.2, 0.25) is 0 Å².